The number of hydrogen-bond donors (Lipinski definition) is 1. The highest BCUT2D eigenvalue weighted by atomic mass is 32.2. The molecule has 1 aliphatic heterocycles. The smallest absolute Gasteiger partial charge is 0.243 e. The molecule has 0 spiro atoms. The van der Waals surface area contributed by atoms with E-state index in [1.54, 1.807) is 24.3 Å². The van der Waals surface area contributed by atoms with E-state index in [0.29, 0.717) is 18.7 Å². The van der Waals surface area contributed by atoms with Gasteiger partial charge in [0, 0.05) is 19.1 Å². The van der Waals surface area contributed by atoms with Crippen molar-refractivity contribution >= 4 is 15.9 Å². The number of nitrogens with one attached hydrogen (secondary N) is 1. The first-order valence-corrected chi connectivity index (χ1v) is 10.1. The van der Waals surface area contributed by atoms with Crippen LogP contribution in [0, 0.1) is 5.92 Å². The van der Waals surface area contributed by atoms with Crippen LogP contribution in [0.15, 0.2) is 35.5 Å². The van der Waals surface area contributed by atoms with Gasteiger partial charge < -0.3 is 5.32 Å². The molecule has 0 bridgehead atoms. The molecule has 2 aliphatic rings. The summed E-state index contributed by atoms with van der Waals surface area (Å²) in [6, 6.07) is 6.68. The molecule has 1 saturated carbocycles. The molecule has 1 aliphatic carbocycles. The number of aromatic nitrogens is 4. The molecule has 1 N–H and O–H groups in total. The molecule has 0 radical (unpaired) electrons. The van der Waals surface area contributed by atoms with E-state index < -0.39 is 10.0 Å². The van der Waals surface area contributed by atoms with Gasteiger partial charge in [0.05, 0.1) is 16.5 Å². The zero-order valence-corrected chi connectivity index (χ0v) is 15.0. The van der Waals surface area contributed by atoms with E-state index in [4.69, 9.17) is 0 Å². The highest BCUT2D eigenvalue weighted by Gasteiger charge is 2.35. The molecular formula is C16H20N6O3S. The fourth-order valence-corrected chi connectivity index (χ4v) is 4.64. The summed E-state index contributed by atoms with van der Waals surface area (Å²) in [5.74, 6) is -0.305. The number of carbonyl (C=O) groups is 1. The molecule has 1 amide bonds. The highest BCUT2D eigenvalue weighted by Crippen LogP contribution is 2.26. The Morgan fingerprint density at radius 1 is 1.15 bits per heavy atom. The fourth-order valence-electron chi connectivity index (χ4n) is 3.12. The van der Waals surface area contributed by atoms with E-state index >= 15 is 0 Å². The largest absolute Gasteiger partial charge is 0.353 e. The molecule has 1 aromatic carbocycles. The second-order valence-electron chi connectivity index (χ2n) is 6.73. The first-order valence-electron chi connectivity index (χ1n) is 8.68. The molecule has 2 aromatic rings. The van der Waals surface area contributed by atoms with Gasteiger partial charge in [-0.25, -0.2) is 13.1 Å². The van der Waals surface area contributed by atoms with Crippen molar-refractivity contribution in [1.82, 2.24) is 29.8 Å². The van der Waals surface area contributed by atoms with Crippen LogP contribution < -0.4 is 5.32 Å². The van der Waals surface area contributed by atoms with E-state index in [9.17, 15) is 13.2 Å². The van der Waals surface area contributed by atoms with Crippen LogP contribution in [-0.4, -0.2) is 58.0 Å². The number of piperidine rings is 1. The van der Waals surface area contributed by atoms with Crippen molar-refractivity contribution in [3.8, 4) is 5.69 Å². The Bertz CT molecular complexity index is 877. The minimum Gasteiger partial charge on any atom is -0.353 e. The van der Waals surface area contributed by atoms with Crippen molar-refractivity contribution in [2.45, 2.75) is 36.6 Å². The minimum absolute atomic E-state index is 0.0265. The number of tetrazole rings is 1. The van der Waals surface area contributed by atoms with Crippen molar-refractivity contribution in [1.29, 1.82) is 0 Å². The molecule has 1 aromatic heterocycles. The number of rotatable bonds is 5. The zero-order chi connectivity index (χ0) is 18.1. The van der Waals surface area contributed by atoms with E-state index in [2.05, 4.69) is 20.8 Å². The predicted molar refractivity (Wildman–Crippen MR) is 91.8 cm³/mol. The number of nitrogens with zero attached hydrogens (tertiary/aromatic N) is 5. The van der Waals surface area contributed by atoms with Crippen LogP contribution in [0.25, 0.3) is 5.69 Å². The van der Waals surface area contributed by atoms with E-state index in [-0.39, 0.29) is 29.3 Å². The van der Waals surface area contributed by atoms with Gasteiger partial charge in [0.2, 0.25) is 15.9 Å². The molecule has 1 atom stereocenters. The quantitative estimate of drug-likeness (QED) is 0.806. The Kier molecular flexibility index (Phi) is 4.45. The monoisotopic (exact) mass is 376 g/mol. The molecule has 4 rings (SSSR count). The average Bonchev–Trinajstić information content (AvgIpc) is 3.31. The van der Waals surface area contributed by atoms with E-state index in [1.165, 1.54) is 15.3 Å². The summed E-state index contributed by atoms with van der Waals surface area (Å²) in [7, 11) is -3.63. The zero-order valence-electron chi connectivity index (χ0n) is 14.2. The average molecular weight is 376 g/mol. The first-order chi connectivity index (χ1) is 12.5. The molecule has 10 heteroatoms. The molecule has 2 heterocycles. The summed E-state index contributed by atoms with van der Waals surface area (Å²) in [6.45, 7) is 0.667. The van der Waals surface area contributed by atoms with Gasteiger partial charge in [-0.1, -0.05) is 0 Å². The maximum Gasteiger partial charge on any atom is 0.243 e. The normalized spacial score (nSPS) is 21.5. The molecule has 9 nitrogen and oxygen atoms in total. The lowest BCUT2D eigenvalue weighted by atomic mass is 9.99. The molecular weight excluding hydrogens is 356 g/mol. The predicted octanol–water partition coefficient (Wildman–Crippen LogP) is 0.342. The van der Waals surface area contributed by atoms with Gasteiger partial charge >= 0.3 is 0 Å². The number of carbonyl (C=O) groups excluding carboxylic acids is 1. The van der Waals surface area contributed by atoms with Crippen LogP contribution in [0.3, 0.4) is 0 Å². The standard InChI is InChI=1S/C16H20N6O3S/c23-16(18-13-3-4-13)12-2-1-9-21(10-12)26(24,25)15-7-5-14(6-8-15)22-11-17-19-20-22/h5-8,11-13H,1-4,9-10H2,(H,18,23). The Balaban J connectivity index is 1.49. The summed E-state index contributed by atoms with van der Waals surface area (Å²) in [4.78, 5) is 12.5. The van der Waals surface area contributed by atoms with Gasteiger partial charge in [0.1, 0.15) is 6.33 Å². The van der Waals surface area contributed by atoms with Gasteiger partial charge in [0.15, 0.2) is 0 Å². The minimum atomic E-state index is -3.63. The van der Waals surface area contributed by atoms with E-state index in [1.807, 2.05) is 0 Å². The maximum absolute atomic E-state index is 12.9. The summed E-state index contributed by atoms with van der Waals surface area (Å²) < 4.78 is 28.7. The SMILES string of the molecule is O=C(NC1CC1)C1CCCN(S(=O)(=O)c2ccc(-n3cnnn3)cc2)C1. The lowest BCUT2D eigenvalue weighted by Crippen LogP contribution is -2.45. The molecule has 138 valence electrons. The number of hydrogen-bond acceptors (Lipinski definition) is 6. The maximum atomic E-state index is 12.9. The number of sulfonamides is 1. The third-order valence-electron chi connectivity index (χ3n) is 4.77. The Morgan fingerprint density at radius 2 is 1.92 bits per heavy atom. The number of benzene rings is 1. The third-order valence-corrected chi connectivity index (χ3v) is 6.65. The lowest BCUT2D eigenvalue weighted by molar-refractivity contribution is -0.126. The van der Waals surface area contributed by atoms with E-state index in [0.717, 1.165) is 19.3 Å². The molecule has 26 heavy (non-hydrogen) atoms. The molecule has 1 unspecified atom stereocenters. The molecule has 1 saturated heterocycles. The van der Waals surface area contributed by atoms with Crippen molar-refractivity contribution in [2.75, 3.05) is 13.1 Å². The summed E-state index contributed by atoms with van der Waals surface area (Å²) in [6.07, 6.45) is 4.90. The van der Waals surface area contributed by atoms with Gasteiger partial charge in [-0.15, -0.1) is 5.10 Å². The van der Waals surface area contributed by atoms with Crippen molar-refractivity contribution in [3.63, 3.8) is 0 Å². The third kappa shape index (κ3) is 3.47. The van der Waals surface area contributed by atoms with Crippen molar-refractivity contribution < 1.29 is 13.2 Å². The fraction of sp³-hybridized carbons (Fsp3) is 0.500. The van der Waals surface area contributed by atoms with Crippen LogP contribution in [0.2, 0.25) is 0 Å². The Labute approximate surface area is 151 Å². The second-order valence-corrected chi connectivity index (χ2v) is 8.67. The summed E-state index contributed by atoms with van der Waals surface area (Å²) in [5, 5.41) is 13.9. The first kappa shape index (κ1) is 17.1. The van der Waals surface area contributed by atoms with Gasteiger partial charge in [-0.05, 0) is 60.4 Å². The Hall–Kier alpha value is -2.33. The Morgan fingerprint density at radius 3 is 2.58 bits per heavy atom. The van der Waals surface area contributed by atoms with Crippen LogP contribution in [0.4, 0.5) is 0 Å². The van der Waals surface area contributed by atoms with Gasteiger partial charge in [0.25, 0.3) is 0 Å². The lowest BCUT2D eigenvalue weighted by Gasteiger charge is -2.31. The van der Waals surface area contributed by atoms with Crippen molar-refractivity contribution in [3.05, 3.63) is 30.6 Å². The topological polar surface area (TPSA) is 110 Å². The van der Waals surface area contributed by atoms with Crippen LogP contribution in [0.1, 0.15) is 25.7 Å². The van der Waals surface area contributed by atoms with Crippen LogP contribution in [-0.2, 0) is 14.8 Å². The van der Waals surface area contributed by atoms with Crippen molar-refractivity contribution in [2.24, 2.45) is 5.92 Å². The number of amides is 1. The second kappa shape index (κ2) is 6.76. The highest BCUT2D eigenvalue weighted by molar-refractivity contribution is 7.89. The summed E-state index contributed by atoms with van der Waals surface area (Å²) in [5.41, 5.74) is 0.675. The van der Waals surface area contributed by atoms with Crippen LogP contribution in [0.5, 0.6) is 0 Å². The van der Waals surface area contributed by atoms with Crippen LogP contribution >= 0.6 is 0 Å². The summed E-state index contributed by atoms with van der Waals surface area (Å²) >= 11 is 0. The van der Waals surface area contributed by atoms with Gasteiger partial charge in [-0.2, -0.15) is 4.31 Å². The molecule has 2 fully saturated rings. The van der Waals surface area contributed by atoms with Gasteiger partial charge in [-0.3, -0.25) is 4.79 Å².